The third-order valence-corrected chi connectivity index (χ3v) is 6.45. The second-order valence-corrected chi connectivity index (χ2v) is 8.62. The van der Waals surface area contributed by atoms with Gasteiger partial charge in [-0.1, -0.05) is 24.3 Å². The van der Waals surface area contributed by atoms with Gasteiger partial charge in [-0.3, -0.25) is 9.69 Å². The van der Waals surface area contributed by atoms with Crippen LogP contribution in [0.4, 0.5) is 23.8 Å². The van der Waals surface area contributed by atoms with Gasteiger partial charge in [0.2, 0.25) is 0 Å². The van der Waals surface area contributed by atoms with E-state index in [1.54, 1.807) is 22.6 Å². The molecule has 3 aromatic rings. The smallest absolute Gasteiger partial charge is 0.410 e. The molecule has 35 heavy (non-hydrogen) atoms. The van der Waals surface area contributed by atoms with Gasteiger partial charge in [0.25, 0.3) is 12.0 Å². The minimum atomic E-state index is -2.96. The number of hydrogen-bond donors (Lipinski definition) is 1. The molecule has 8 nitrogen and oxygen atoms in total. The fourth-order valence-corrected chi connectivity index (χ4v) is 4.74. The number of pyridine rings is 1. The summed E-state index contributed by atoms with van der Waals surface area (Å²) in [4.78, 5) is 35.2. The van der Waals surface area contributed by atoms with Gasteiger partial charge >= 0.3 is 6.09 Å². The number of anilines is 1. The summed E-state index contributed by atoms with van der Waals surface area (Å²) in [5, 5.41) is 3.55. The number of aryl methyl sites for hydroxylation is 1. The van der Waals surface area contributed by atoms with Crippen LogP contribution in [0.5, 0.6) is 0 Å². The van der Waals surface area contributed by atoms with E-state index in [1.165, 1.54) is 24.3 Å². The van der Waals surface area contributed by atoms with Crippen LogP contribution in [0.2, 0.25) is 0 Å². The quantitative estimate of drug-likeness (QED) is 0.525. The molecule has 4 heterocycles. The highest BCUT2D eigenvalue weighted by Gasteiger charge is 2.42. The predicted octanol–water partition coefficient (Wildman–Crippen LogP) is 4.28. The van der Waals surface area contributed by atoms with E-state index < -0.39 is 29.9 Å². The summed E-state index contributed by atoms with van der Waals surface area (Å²) in [5.74, 6) is -0.359. The number of nitrogens with one attached hydrogen (secondary N) is 1. The third-order valence-electron chi connectivity index (χ3n) is 6.45. The summed E-state index contributed by atoms with van der Waals surface area (Å²) in [6.07, 6.45) is 0.215. The average Bonchev–Trinajstić information content (AvgIpc) is 3.38. The topological polar surface area (TPSA) is 89.4 Å². The second kappa shape index (κ2) is 8.71. The summed E-state index contributed by atoms with van der Waals surface area (Å²) < 4.78 is 47.9. The van der Waals surface area contributed by atoms with Crippen molar-refractivity contribution in [2.24, 2.45) is 0 Å². The van der Waals surface area contributed by atoms with Crippen LogP contribution in [-0.4, -0.2) is 44.7 Å². The first kappa shape index (κ1) is 22.9. The molecule has 0 aliphatic carbocycles. The van der Waals surface area contributed by atoms with Gasteiger partial charge in [0.15, 0.2) is 0 Å². The number of alkyl halides is 2. The molecular weight excluding hydrogens is 463 g/mol. The molecule has 11 heteroatoms. The Kier molecular flexibility index (Phi) is 5.70. The number of fused-ring (bicyclic) bond motifs is 2. The Balaban J connectivity index is 1.54. The summed E-state index contributed by atoms with van der Waals surface area (Å²) >= 11 is 0. The number of ether oxygens (including phenoxy) is 1. The Hall–Kier alpha value is -3.89. The van der Waals surface area contributed by atoms with Crippen LogP contribution >= 0.6 is 0 Å². The molecular formula is C24H22F3N5O3. The first-order valence-electron chi connectivity index (χ1n) is 11.1. The molecule has 1 N–H and O–H groups in total. The zero-order valence-electron chi connectivity index (χ0n) is 18.7. The van der Waals surface area contributed by atoms with E-state index >= 15 is 0 Å². The van der Waals surface area contributed by atoms with E-state index in [-0.39, 0.29) is 29.8 Å². The molecule has 0 unspecified atom stereocenters. The monoisotopic (exact) mass is 485 g/mol. The van der Waals surface area contributed by atoms with Crippen molar-refractivity contribution in [1.29, 1.82) is 0 Å². The number of hydrogen-bond acceptors (Lipinski definition) is 6. The molecule has 1 aromatic carbocycles. The zero-order valence-corrected chi connectivity index (χ0v) is 18.7. The van der Waals surface area contributed by atoms with Gasteiger partial charge in [-0.15, -0.1) is 6.58 Å². The number of carbonyl (C=O) groups excluding carboxylic acids is 1. The minimum Gasteiger partial charge on any atom is -0.447 e. The molecule has 2 aliphatic rings. The number of halogens is 3. The van der Waals surface area contributed by atoms with E-state index in [2.05, 4.69) is 21.9 Å². The molecule has 0 bridgehead atoms. The molecule has 5 rings (SSSR count). The molecule has 182 valence electrons. The molecule has 2 aromatic heterocycles. The molecule has 3 atom stereocenters. The number of benzene rings is 1. The van der Waals surface area contributed by atoms with Crippen LogP contribution in [0.25, 0.3) is 10.9 Å². The lowest BCUT2D eigenvalue weighted by Gasteiger charge is -2.20. The summed E-state index contributed by atoms with van der Waals surface area (Å²) in [5.41, 5.74) is -0.611. The van der Waals surface area contributed by atoms with Crippen molar-refractivity contribution < 1.29 is 22.7 Å². The van der Waals surface area contributed by atoms with Gasteiger partial charge in [0.05, 0.1) is 34.6 Å². The van der Waals surface area contributed by atoms with E-state index in [4.69, 9.17) is 4.74 Å². The zero-order chi connectivity index (χ0) is 24.9. The lowest BCUT2D eigenvalue weighted by Crippen LogP contribution is -2.29. The molecule has 0 radical (unpaired) electrons. The van der Waals surface area contributed by atoms with E-state index in [1.807, 2.05) is 0 Å². The van der Waals surface area contributed by atoms with Gasteiger partial charge in [0, 0.05) is 24.4 Å². The number of carbonyl (C=O) groups is 1. The Labute approximate surface area is 198 Å². The van der Waals surface area contributed by atoms with Crippen molar-refractivity contribution >= 4 is 22.8 Å². The Morgan fingerprint density at radius 3 is 2.71 bits per heavy atom. The number of nitrogens with zero attached hydrogens (tertiary/aromatic N) is 4. The Morgan fingerprint density at radius 1 is 1.23 bits per heavy atom. The maximum Gasteiger partial charge on any atom is 0.410 e. The van der Waals surface area contributed by atoms with Crippen molar-refractivity contribution in [3.63, 3.8) is 0 Å². The molecule has 1 amide bonds. The van der Waals surface area contributed by atoms with Crippen molar-refractivity contribution in [1.82, 2.24) is 19.4 Å². The largest absolute Gasteiger partial charge is 0.447 e. The average molecular weight is 485 g/mol. The maximum atomic E-state index is 14.8. The van der Waals surface area contributed by atoms with E-state index in [0.29, 0.717) is 35.5 Å². The molecule has 0 saturated carbocycles. The van der Waals surface area contributed by atoms with Crippen LogP contribution in [0, 0.1) is 12.7 Å². The number of amides is 1. The van der Waals surface area contributed by atoms with Crippen molar-refractivity contribution in [3.05, 3.63) is 76.2 Å². The van der Waals surface area contributed by atoms with Gasteiger partial charge in [-0.05, 0) is 13.3 Å². The van der Waals surface area contributed by atoms with Crippen LogP contribution in [0.15, 0.2) is 47.9 Å². The maximum absolute atomic E-state index is 14.8. The normalized spacial score (nSPS) is 20.3. The predicted molar refractivity (Wildman–Crippen MR) is 122 cm³/mol. The van der Waals surface area contributed by atoms with Crippen molar-refractivity contribution in [2.75, 3.05) is 18.5 Å². The molecule has 2 fully saturated rings. The van der Waals surface area contributed by atoms with E-state index in [0.717, 1.165) is 6.07 Å². The van der Waals surface area contributed by atoms with Crippen molar-refractivity contribution in [3.8, 4) is 0 Å². The first-order valence-corrected chi connectivity index (χ1v) is 11.1. The summed E-state index contributed by atoms with van der Waals surface area (Å²) in [6, 6.07) is 3.96. The number of cyclic esters (lactones) is 1. The van der Waals surface area contributed by atoms with Crippen molar-refractivity contribution in [2.45, 2.75) is 37.9 Å². The second-order valence-electron chi connectivity index (χ2n) is 8.62. The Bertz CT molecular complexity index is 1390. The lowest BCUT2D eigenvalue weighted by atomic mass is 10.0. The fourth-order valence-electron chi connectivity index (χ4n) is 4.74. The van der Waals surface area contributed by atoms with Gasteiger partial charge in [-0.25, -0.2) is 27.9 Å². The van der Waals surface area contributed by atoms with Crippen LogP contribution in [0.3, 0.4) is 0 Å². The van der Waals surface area contributed by atoms with Crippen LogP contribution in [-0.2, 0) is 4.74 Å². The standard InChI is InChI=1S/C24H22F3N5O3/c1-3-18(15-5-4-6-16(21(15)25)22(26)27)30-23-17-10-31(20(33)8-19(17)28-12(2)29-23)13-7-14-11-35-24(34)32(14)9-13/h3-6,8,10,13-14,18,22H,1,7,9,11H2,2H3,(H,28,29,30)/t13-,14-,18+/m0/s1. The van der Waals surface area contributed by atoms with Crippen LogP contribution in [0.1, 0.15) is 41.9 Å². The highest BCUT2D eigenvalue weighted by molar-refractivity contribution is 5.88. The van der Waals surface area contributed by atoms with Gasteiger partial charge in [-0.2, -0.15) is 0 Å². The third kappa shape index (κ3) is 4.00. The van der Waals surface area contributed by atoms with Crippen LogP contribution < -0.4 is 10.9 Å². The van der Waals surface area contributed by atoms with E-state index in [9.17, 15) is 22.8 Å². The number of rotatable bonds is 6. The summed E-state index contributed by atoms with van der Waals surface area (Å²) in [6.45, 7) is 6.00. The lowest BCUT2D eigenvalue weighted by molar-refractivity contribution is 0.146. The fraction of sp³-hybridized carbons (Fsp3) is 0.333. The number of aromatic nitrogens is 3. The van der Waals surface area contributed by atoms with Gasteiger partial charge < -0.3 is 14.6 Å². The SMILES string of the molecule is C=C[C@@H](Nc1nc(C)nc2cc(=O)n([C@H]3C[C@H]4COC(=O)N4C3)cc12)c1cccc(C(F)F)c1F. The highest BCUT2D eigenvalue weighted by atomic mass is 19.3. The minimum absolute atomic E-state index is 0.00883. The van der Waals surface area contributed by atoms with Gasteiger partial charge in [0.1, 0.15) is 24.1 Å². The molecule has 2 aliphatic heterocycles. The summed E-state index contributed by atoms with van der Waals surface area (Å²) in [7, 11) is 0. The molecule has 0 spiro atoms. The Morgan fingerprint density at radius 2 is 2.00 bits per heavy atom. The first-order chi connectivity index (χ1) is 16.8. The molecule has 2 saturated heterocycles. The highest BCUT2D eigenvalue weighted by Crippen LogP contribution is 2.33.